The van der Waals surface area contributed by atoms with Gasteiger partial charge in [0.05, 0.1) is 5.69 Å². The molecule has 0 aliphatic heterocycles. The van der Waals surface area contributed by atoms with Crippen molar-refractivity contribution >= 4 is 11.6 Å². The second kappa shape index (κ2) is 7.42. The summed E-state index contributed by atoms with van der Waals surface area (Å²) in [5.74, 6) is 1.24. The predicted molar refractivity (Wildman–Crippen MR) is 93.0 cm³/mol. The maximum atomic E-state index is 12.3. The first kappa shape index (κ1) is 15.7. The van der Waals surface area contributed by atoms with Crippen LogP contribution in [0.5, 0.6) is 11.5 Å². The van der Waals surface area contributed by atoms with Gasteiger partial charge >= 0.3 is 0 Å². The average molecular weight is 319 g/mol. The molecular weight excluding hydrogens is 300 g/mol. The smallest absolute Gasteiger partial charge is 0.290 e. The van der Waals surface area contributed by atoms with Crippen LogP contribution in [-0.4, -0.2) is 5.91 Å². The number of carbonyl (C=O) groups excluding carboxylic acids is 1. The van der Waals surface area contributed by atoms with Gasteiger partial charge in [-0.25, -0.2) is 0 Å². The number of benzene rings is 2. The Bertz CT molecular complexity index is 815. The fraction of sp³-hybridized carbons (Fsp3) is 0.100. The Kier molecular flexibility index (Phi) is 4.87. The second-order valence-electron chi connectivity index (χ2n) is 5.51. The minimum absolute atomic E-state index is 0.104. The number of nitrogens with zero attached hydrogens (tertiary/aromatic N) is 1. The second-order valence-corrected chi connectivity index (χ2v) is 5.51. The van der Waals surface area contributed by atoms with Crippen molar-refractivity contribution in [2.45, 2.75) is 13.5 Å². The van der Waals surface area contributed by atoms with Gasteiger partial charge in [-0.15, -0.1) is 0 Å². The molecule has 4 heteroatoms. The van der Waals surface area contributed by atoms with Crippen molar-refractivity contribution in [2.24, 2.45) is 0 Å². The fourth-order valence-electron chi connectivity index (χ4n) is 2.27. The van der Waals surface area contributed by atoms with Gasteiger partial charge in [-0.2, -0.15) is 4.57 Å². The number of rotatable bonds is 5. The molecule has 2 aromatic carbocycles. The minimum Gasteiger partial charge on any atom is -0.455 e. The Morgan fingerprint density at radius 3 is 2.38 bits per heavy atom. The van der Waals surface area contributed by atoms with Crippen molar-refractivity contribution in [1.82, 2.24) is 0 Å². The van der Waals surface area contributed by atoms with Crippen LogP contribution in [0.1, 0.15) is 5.56 Å². The Labute approximate surface area is 141 Å². The Balaban J connectivity index is 1.70. The zero-order valence-electron chi connectivity index (χ0n) is 13.5. The summed E-state index contributed by atoms with van der Waals surface area (Å²) < 4.78 is 7.69. The predicted octanol–water partition coefficient (Wildman–Crippen LogP) is 3.71. The number of hydrogen-bond acceptors (Lipinski definition) is 2. The lowest BCUT2D eigenvalue weighted by molar-refractivity contribution is -0.684. The van der Waals surface area contributed by atoms with Gasteiger partial charge in [-0.3, -0.25) is 4.79 Å². The highest BCUT2D eigenvalue weighted by molar-refractivity contribution is 5.91. The summed E-state index contributed by atoms with van der Waals surface area (Å²) in [5.41, 5.74) is 1.81. The van der Waals surface area contributed by atoms with E-state index in [0.717, 1.165) is 11.3 Å². The van der Waals surface area contributed by atoms with Crippen LogP contribution in [0.2, 0.25) is 0 Å². The molecule has 1 N–H and O–H groups in total. The summed E-state index contributed by atoms with van der Waals surface area (Å²) in [6.07, 6.45) is 3.78. The number of carbonyl (C=O) groups is 1. The number of hydrogen-bond donors (Lipinski definition) is 1. The zero-order valence-corrected chi connectivity index (χ0v) is 13.5. The van der Waals surface area contributed by atoms with E-state index in [9.17, 15) is 4.79 Å². The van der Waals surface area contributed by atoms with Gasteiger partial charge in [0.15, 0.2) is 18.1 Å². The van der Waals surface area contributed by atoms with E-state index in [0.29, 0.717) is 11.4 Å². The summed E-state index contributed by atoms with van der Waals surface area (Å²) in [5, 5.41) is 2.91. The van der Waals surface area contributed by atoms with Gasteiger partial charge in [0.25, 0.3) is 5.91 Å². The molecule has 0 spiro atoms. The van der Waals surface area contributed by atoms with Crippen molar-refractivity contribution in [2.75, 3.05) is 5.32 Å². The third kappa shape index (κ3) is 4.20. The van der Waals surface area contributed by atoms with E-state index in [-0.39, 0.29) is 12.5 Å². The molecule has 0 fully saturated rings. The van der Waals surface area contributed by atoms with Crippen LogP contribution in [0, 0.1) is 6.92 Å². The molecule has 24 heavy (non-hydrogen) atoms. The summed E-state index contributed by atoms with van der Waals surface area (Å²) in [4.78, 5) is 12.3. The van der Waals surface area contributed by atoms with Crippen LogP contribution < -0.4 is 14.6 Å². The molecule has 0 aliphatic rings. The van der Waals surface area contributed by atoms with E-state index in [2.05, 4.69) is 5.32 Å². The van der Waals surface area contributed by atoms with E-state index in [4.69, 9.17) is 4.74 Å². The number of para-hydroxylation sites is 3. The van der Waals surface area contributed by atoms with Gasteiger partial charge in [0.1, 0.15) is 5.75 Å². The third-order valence-corrected chi connectivity index (χ3v) is 3.52. The van der Waals surface area contributed by atoms with Crippen LogP contribution in [0.3, 0.4) is 0 Å². The highest BCUT2D eigenvalue weighted by Gasteiger charge is 2.12. The van der Waals surface area contributed by atoms with Crippen molar-refractivity contribution in [1.29, 1.82) is 0 Å². The molecule has 120 valence electrons. The highest BCUT2D eigenvalue weighted by atomic mass is 16.5. The molecule has 0 unspecified atom stereocenters. The first-order valence-corrected chi connectivity index (χ1v) is 7.78. The zero-order chi connectivity index (χ0) is 16.8. The lowest BCUT2D eigenvalue weighted by atomic mass is 10.2. The molecule has 1 amide bonds. The van der Waals surface area contributed by atoms with E-state index < -0.39 is 0 Å². The van der Waals surface area contributed by atoms with E-state index in [1.165, 1.54) is 0 Å². The Hall–Kier alpha value is -3.14. The molecule has 3 aromatic rings. The third-order valence-electron chi connectivity index (χ3n) is 3.52. The van der Waals surface area contributed by atoms with Crippen molar-refractivity contribution < 1.29 is 14.1 Å². The number of aryl methyl sites for hydroxylation is 1. The van der Waals surface area contributed by atoms with Crippen molar-refractivity contribution in [3.05, 3.63) is 84.7 Å². The number of anilines is 1. The normalized spacial score (nSPS) is 10.2. The number of pyridine rings is 1. The monoisotopic (exact) mass is 319 g/mol. The van der Waals surface area contributed by atoms with E-state index >= 15 is 0 Å². The molecule has 0 saturated heterocycles. The van der Waals surface area contributed by atoms with Crippen LogP contribution in [0.4, 0.5) is 5.69 Å². The van der Waals surface area contributed by atoms with Gasteiger partial charge in [-0.1, -0.05) is 30.3 Å². The van der Waals surface area contributed by atoms with Crippen molar-refractivity contribution in [3.8, 4) is 11.5 Å². The summed E-state index contributed by atoms with van der Waals surface area (Å²) in [6, 6.07) is 20.8. The topological polar surface area (TPSA) is 42.2 Å². The number of nitrogens with one attached hydrogen (secondary N) is 1. The lowest BCUT2D eigenvalue weighted by Gasteiger charge is -2.11. The molecule has 1 aromatic heterocycles. The Morgan fingerprint density at radius 1 is 0.958 bits per heavy atom. The van der Waals surface area contributed by atoms with E-state index in [1.807, 2.05) is 90.6 Å². The van der Waals surface area contributed by atoms with Gasteiger partial charge in [0, 0.05) is 12.1 Å². The fourth-order valence-corrected chi connectivity index (χ4v) is 2.27. The quantitative estimate of drug-likeness (QED) is 0.728. The number of ether oxygens (including phenoxy) is 1. The standard InChI is InChI=1S/C20H18N2O2/c1-16-11-13-22(14-12-16)15-20(23)21-18-9-5-6-10-19(18)24-17-7-3-2-4-8-17/h2-14H,15H2,1H3/p+1. The minimum atomic E-state index is -0.104. The molecule has 0 atom stereocenters. The molecule has 3 rings (SSSR count). The lowest BCUT2D eigenvalue weighted by Crippen LogP contribution is -2.39. The molecule has 4 nitrogen and oxygen atoms in total. The van der Waals surface area contributed by atoms with Gasteiger partial charge in [0.2, 0.25) is 6.54 Å². The van der Waals surface area contributed by atoms with Gasteiger partial charge in [-0.05, 0) is 36.8 Å². The first-order chi connectivity index (χ1) is 11.7. The summed E-state index contributed by atoms with van der Waals surface area (Å²) in [6.45, 7) is 2.27. The number of aromatic nitrogens is 1. The SMILES string of the molecule is Cc1cc[n+](CC(=O)Nc2ccccc2Oc2ccccc2)cc1. The maximum absolute atomic E-state index is 12.3. The molecular formula is C20H19N2O2+. The summed E-state index contributed by atoms with van der Waals surface area (Å²) in [7, 11) is 0. The Morgan fingerprint density at radius 2 is 1.62 bits per heavy atom. The molecule has 0 bridgehead atoms. The van der Waals surface area contributed by atoms with Crippen molar-refractivity contribution in [3.63, 3.8) is 0 Å². The number of amides is 1. The van der Waals surface area contributed by atoms with E-state index in [1.54, 1.807) is 0 Å². The molecule has 0 aliphatic carbocycles. The van der Waals surface area contributed by atoms with Gasteiger partial charge < -0.3 is 10.1 Å². The van der Waals surface area contributed by atoms with Crippen LogP contribution in [-0.2, 0) is 11.3 Å². The molecule has 1 heterocycles. The maximum Gasteiger partial charge on any atom is 0.290 e. The van der Waals surface area contributed by atoms with Crippen LogP contribution in [0.15, 0.2) is 79.1 Å². The molecule has 0 saturated carbocycles. The van der Waals surface area contributed by atoms with Crippen LogP contribution in [0.25, 0.3) is 0 Å². The average Bonchev–Trinajstić information content (AvgIpc) is 2.60. The van der Waals surface area contributed by atoms with Crippen LogP contribution >= 0.6 is 0 Å². The summed E-state index contributed by atoms with van der Waals surface area (Å²) >= 11 is 0. The highest BCUT2D eigenvalue weighted by Crippen LogP contribution is 2.28. The molecule has 0 radical (unpaired) electrons. The largest absolute Gasteiger partial charge is 0.455 e. The first-order valence-electron chi connectivity index (χ1n) is 7.78.